The van der Waals surface area contributed by atoms with Gasteiger partial charge in [0.15, 0.2) is 5.78 Å². The van der Waals surface area contributed by atoms with E-state index in [1.54, 1.807) is 0 Å². The Hall–Kier alpha value is -3.02. The summed E-state index contributed by atoms with van der Waals surface area (Å²) in [6, 6.07) is 14.7. The Balaban J connectivity index is 1.56. The maximum absolute atomic E-state index is 12.7. The monoisotopic (exact) mass is 384 g/mol. The molecule has 144 valence electrons. The van der Waals surface area contributed by atoms with Crippen LogP contribution in [-0.2, 0) is 11.0 Å². The zero-order chi connectivity index (χ0) is 19.9. The fraction of sp³-hybridized carbons (Fsp3) is 0.227. The molecule has 2 aromatic carbocycles. The Bertz CT molecular complexity index is 960. The van der Waals surface area contributed by atoms with Gasteiger partial charge in [-0.05, 0) is 54.8 Å². The number of ketones is 1. The molecular weight excluding hydrogens is 365 g/mol. The number of halogens is 3. The van der Waals surface area contributed by atoms with Crippen LogP contribution in [0.3, 0.4) is 0 Å². The molecule has 0 radical (unpaired) electrons. The minimum atomic E-state index is -4.33. The molecule has 1 fully saturated rings. The summed E-state index contributed by atoms with van der Waals surface area (Å²) in [7, 11) is 0. The van der Waals surface area contributed by atoms with E-state index in [1.165, 1.54) is 12.1 Å². The van der Waals surface area contributed by atoms with Gasteiger partial charge in [-0.15, -0.1) is 0 Å². The van der Waals surface area contributed by atoms with Crippen molar-refractivity contribution in [1.29, 1.82) is 0 Å². The Labute approximate surface area is 161 Å². The van der Waals surface area contributed by atoms with E-state index in [9.17, 15) is 18.0 Å². The number of carbonyl (C=O) groups excluding carboxylic acids is 1. The van der Waals surface area contributed by atoms with Crippen LogP contribution in [-0.4, -0.2) is 17.5 Å². The predicted octanol–water partition coefficient (Wildman–Crippen LogP) is 5.42. The molecule has 1 heterocycles. The lowest BCUT2D eigenvalue weighted by Gasteiger charge is -2.18. The molecule has 1 saturated heterocycles. The molecule has 0 N–H and O–H groups in total. The maximum atomic E-state index is 12.7. The van der Waals surface area contributed by atoms with Crippen molar-refractivity contribution in [1.82, 2.24) is 5.01 Å². The lowest BCUT2D eigenvalue weighted by Crippen LogP contribution is -2.12. The summed E-state index contributed by atoms with van der Waals surface area (Å²) in [6.07, 6.45) is -1.26. The molecule has 28 heavy (non-hydrogen) atoms. The van der Waals surface area contributed by atoms with Crippen LogP contribution in [0.2, 0.25) is 0 Å². The van der Waals surface area contributed by atoms with Gasteiger partial charge in [-0.25, -0.2) is 0 Å². The highest BCUT2D eigenvalue weighted by atomic mass is 19.4. The first-order valence-corrected chi connectivity index (χ1v) is 9.07. The lowest BCUT2D eigenvalue weighted by atomic mass is 9.89. The quantitative estimate of drug-likeness (QED) is 0.660. The number of benzene rings is 2. The molecule has 0 spiro atoms. The first-order valence-electron chi connectivity index (χ1n) is 9.07. The van der Waals surface area contributed by atoms with E-state index in [0.717, 1.165) is 29.0 Å². The molecule has 0 atom stereocenters. The summed E-state index contributed by atoms with van der Waals surface area (Å²) in [6.45, 7) is 2.59. The van der Waals surface area contributed by atoms with Crippen LogP contribution >= 0.6 is 0 Å². The first-order chi connectivity index (χ1) is 13.3. The van der Waals surface area contributed by atoms with Crippen LogP contribution in [0.25, 0.3) is 5.57 Å². The minimum Gasteiger partial charge on any atom is -0.294 e. The highest BCUT2D eigenvalue weighted by Crippen LogP contribution is 2.37. The number of hydrogen-bond acceptors (Lipinski definition) is 3. The summed E-state index contributed by atoms with van der Waals surface area (Å²) < 4.78 is 38.2. The molecule has 6 heteroatoms. The average Bonchev–Trinajstić information content (AvgIpc) is 3.49. The molecule has 0 saturated carbocycles. The lowest BCUT2D eigenvalue weighted by molar-refractivity contribution is -0.137. The molecule has 3 nitrogen and oxygen atoms in total. The van der Waals surface area contributed by atoms with Gasteiger partial charge >= 0.3 is 6.18 Å². The fourth-order valence-electron chi connectivity index (χ4n) is 3.45. The normalized spacial score (nSPS) is 18.9. The molecule has 2 aliphatic rings. The highest BCUT2D eigenvalue weighted by molar-refractivity contribution is 6.22. The standard InChI is InChI=1S/C22H19F3N2O/c1-15(17-7-12-21(28)20(13-17)16-5-3-2-4-6-16)26-14-27(26)19-10-8-18(9-11-19)22(23,24)25/h2-6,8-11,13H,7,12,14H2,1H3/b17-15-. The van der Waals surface area contributed by atoms with Gasteiger partial charge in [-0.1, -0.05) is 30.3 Å². The number of anilines is 1. The second kappa shape index (κ2) is 6.86. The van der Waals surface area contributed by atoms with E-state index in [2.05, 4.69) is 0 Å². The maximum Gasteiger partial charge on any atom is 0.416 e. The zero-order valence-electron chi connectivity index (χ0n) is 15.3. The summed E-state index contributed by atoms with van der Waals surface area (Å²) in [5.74, 6) is 0.133. The second-order valence-corrected chi connectivity index (χ2v) is 6.94. The van der Waals surface area contributed by atoms with Crippen LogP contribution in [0, 0.1) is 0 Å². The van der Waals surface area contributed by atoms with Crippen LogP contribution in [0.5, 0.6) is 0 Å². The van der Waals surface area contributed by atoms with Gasteiger partial charge in [0.1, 0.15) is 6.67 Å². The number of alkyl halides is 3. The molecule has 4 rings (SSSR count). The summed E-state index contributed by atoms with van der Waals surface area (Å²) in [4.78, 5) is 12.3. The van der Waals surface area contributed by atoms with Crippen LogP contribution < -0.4 is 5.01 Å². The third-order valence-electron chi connectivity index (χ3n) is 5.14. The third-order valence-corrected chi connectivity index (χ3v) is 5.14. The van der Waals surface area contributed by atoms with Gasteiger partial charge < -0.3 is 0 Å². The SMILES string of the molecule is C/C(=C1/C=C(c2ccccc2)C(=O)CC1)N1CN1c1ccc(C(F)(F)F)cc1. The van der Waals surface area contributed by atoms with E-state index in [0.29, 0.717) is 30.8 Å². The average molecular weight is 384 g/mol. The number of allylic oxidation sites excluding steroid dienone is 4. The van der Waals surface area contributed by atoms with Crippen LogP contribution in [0.4, 0.5) is 18.9 Å². The van der Waals surface area contributed by atoms with Crippen molar-refractivity contribution < 1.29 is 18.0 Å². The van der Waals surface area contributed by atoms with Crippen molar-refractivity contribution in [2.75, 3.05) is 11.7 Å². The largest absolute Gasteiger partial charge is 0.416 e. The second-order valence-electron chi connectivity index (χ2n) is 6.94. The molecule has 2 aromatic rings. The van der Waals surface area contributed by atoms with Crippen molar-refractivity contribution in [2.45, 2.75) is 25.9 Å². The molecule has 1 aliphatic heterocycles. The highest BCUT2D eigenvalue weighted by Gasteiger charge is 2.35. The van der Waals surface area contributed by atoms with Crippen molar-refractivity contribution in [3.63, 3.8) is 0 Å². The molecular formula is C22H19F3N2O. The van der Waals surface area contributed by atoms with Crippen molar-refractivity contribution in [3.05, 3.63) is 83.1 Å². The summed E-state index contributed by atoms with van der Waals surface area (Å²) in [5, 5.41) is 3.92. The predicted molar refractivity (Wildman–Crippen MR) is 102 cm³/mol. The van der Waals surface area contributed by atoms with Crippen LogP contribution in [0.1, 0.15) is 30.9 Å². The van der Waals surface area contributed by atoms with E-state index in [1.807, 2.05) is 53.3 Å². The smallest absolute Gasteiger partial charge is 0.294 e. The Morgan fingerprint density at radius 3 is 2.29 bits per heavy atom. The van der Waals surface area contributed by atoms with Gasteiger partial charge in [0.2, 0.25) is 0 Å². The van der Waals surface area contributed by atoms with Gasteiger partial charge in [-0.2, -0.15) is 13.2 Å². The third kappa shape index (κ3) is 3.54. The minimum absolute atomic E-state index is 0.133. The molecule has 1 aliphatic carbocycles. The molecule has 0 aromatic heterocycles. The van der Waals surface area contributed by atoms with E-state index >= 15 is 0 Å². The summed E-state index contributed by atoms with van der Waals surface area (Å²) >= 11 is 0. The van der Waals surface area contributed by atoms with E-state index in [-0.39, 0.29) is 5.78 Å². The Morgan fingerprint density at radius 1 is 0.964 bits per heavy atom. The number of hydrazine groups is 1. The Kier molecular flexibility index (Phi) is 4.49. The number of nitrogens with zero attached hydrogens (tertiary/aromatic N) is 2. The van der Waals surface area contributed by atoms with Gasteiger partial charge in [0.25, 0.3) is 0 Å². The van der Waals surface area contributed by atoms with Gasteiger partial charge in [0, 0.05) is 17.7 Å². The summed E-state index contributed by atoms with van der Waals surface area (Å²) in [5.41, 5.74) is 3.77. The molecule has 0 bridgehead atoms. The fourth-order valence-corrected chi connectivity index (χ4v) is 3.45. The van der Waals surface area contributed by atoms with Crippen molar-refractivity contribution in [2.24, 2.45) is 0 Å². The number of rotatable bonds is 3. The van der Waals surface area contributed by atoms with Crippen molar-refractivity contribution >= 4 is 17.0 Å². The topological polar surface area (TPSA) is 23.1 Å². The number of carbonyl (C=O) groups is 1. The van der Waals surface area contributed by atoms with Crippen LogP contribution in [0.15, 0.2) is 71.9 Å². The Morgan fingerprint density at radius 2 is 1.64 bits per heavy atom. The molecule has 0 unspecified atom stereocenters. The van der Waals surface area contributed by atoms with Gasteiger partial charge in [-0.3, -0.25) is 14.8 Å². The van der Waals surface area contributed by atoms with E-state index < -0.39 is 11.7 Å². The molecule has 0 amide bonds. The number of Topliss-reactive ketones (excluding diaryl/α,β-unsaturated/α-hetero) is 1. The first kappa shape index (κ1) is 18.3. The number of hydrogen-bond donors (Lipinski definition) is 0. The van der Waals surface area contributed by atoms with E-state index in [4.69, 9.17) is 0 Å². The zero-order valence-corrected chi connectivity index (χ0v) is 15.3. The van der Waals surface area contributed by atoms with Gasteiger partial charge in [0.05, 0.1) is 11.3 Å². The van der Waals surface area contributed by atoms with Crippen molar-refractivity contribution in [3.8, 4) is 0 Å².